The van der Waals surface area contributed by atoms with Gasteiger partial charge in [0.2, 0.25) is 5.91 Å². The molecule has 264 valence electrons. The van der Waals surface area contributed by atoms with Gasteiger partial charge in [-0.15, -0.1) is 0 Å². The molecule has 2 atom stereocenters. The smallest absolute Gasteiger partial charge is 0.267 e. The minimum atomic E-state index is -4.35. The van der Waals surface area contributed by atoms with Gasteiger partial charge in [0, 0.05) is 6.42 Å². The summed E-state index contributed by atoms with van der Waals surface area (Å²) in [5.74, 6) is -1.01. The Kier molecular flexibility index (Phi) is 31.5. The zero-order valence-corrected chi connectivity index (χ0v) is 30.1. The first-order valence-electron chi connectivity index (χ1n) is 18.7. The molecule has 7 heteroatoms. The Morgan fingerprint density at radius 3 is 1.38 bits per heavy atom. The van der Waals surface area contributed by atoms with Crippen molar-refractivity contribution < 1.29 is 22.9 Å². The number of hydrogen-bond acceptors (Lipinski definition) is 4. The molecule has 0 aromatic carbocycles. The van der Waals surface area contributed by atoms with Gasteiger partial charge >= 0.3 is 0 Å². The van der Waals surface area contributed by atoms with E-state index >= 15 is 0 Å². The largest absolute Gasteiger partial charge is 0.387 e. The summed E-state index contributed by atoms with van der Waals surface area (Å²) in [5, 5.41) is 13.1. The van der Waals surface area contributed by atoms with Crippen molar-refractivity contribution in [3.05, 3.63) is 36.5 Å². The number of rotatable bonds is 33. The normalized spacial score (nSPS) is 13.8. The molecule has 3 N–H and O–H groups in total. The van der Waals surface area contributed by atoms with Gasteiger partial charge in [0.25, 0.3) is 10.1 Å². The molecule has 0 aliphatic carbocycles. The maximum Gasteiger partial charge on any atom is 0.267 e. The van der Waals surface area contributed by atoms with Crippen molar-refractivity contribution in [1.82, 2.24) is 5.32 Å². The first-order chi connectivity index (χ1) is 21.8. The van der Waals surface area contributed by atoms with Crippen LogP contribution in [0.15, 0.2) is 36.5 Å². The molecule has 1 amide bonds. The van der Waals surface area contributed by atoms with E-state index in [0.29, 0.717) is 6.42 Å². The monoisotopic (exact) mass is 654 g/mol. The number of hydrogen-bond donors (Lipinski definition) is 3. The Morgan fingerprint density at radius 1 is 0.578 bits per heavy atom. The van der Waals surface area contributed by atoms with Crippen LogP contribution >= 0.6 is 0 Å². The third-order valence-electron chi connectivity index (χ3n) is 8.30. The Labute approximate surface area is 278 Å². The molecular weight excluding hydrogens is 582 g/mol. The maximum absolute atomic E-state index is 12.5. The van der Waals surface area contributed by atoms with Gasteiger partial charge in [-0.1, -0.05) is 172 Å². The lowest BCUT2D eigenvalue weighted by Gasteiger charge is -2.21. The third-order valence-corrected chi connectivity index (χ3v) is 9.08. The van der Waals surface area contributed by atoms with Gasteiger partial charge in [-0.25, -0.2) is 0 Å². The van der Waals surface area contributed by atoms with Crippen molar-refractivity contribution in [2.75, 3.05) is 5.75 Å². The summed E-state index contributed by atoms with van der Waals surface area (Å²) in [6.07, 6.45) is 41.3. The van der Waals surface area contributed by atoms with E-state index in [-0.39, 0.29) is 12.3 Å². The molecule has 0 aromatic heterocycles. The second-order valence-electron chi connectivity index (χ2n) is 12.8. The van der Waals surface area contributed by atoms with Crippen LogP contribution in [0.3, 0.4) is 0 Å². The van der Waals surface area contributed by atoms with Crippen LogP contribution in [0.5, 0.6) is 0 Å². The number of carbonyl (C=O) groups excluding carboxylic acids is 1. The van der Waals surface area contributed by atoms with Gasteiger partial charge in [0.1, 0.15) is 0 Å². The van der Waals surface area contributed by atoms with E-state index in [1.807, 2.05) is 0 Å². The molecule has 6 nitrogen and oxygen atoms in total. The average Bonchev–Trinajstić information content (AvgIpc) is 3.00. The van der Waals surface area contributed by atoms with Crippen LogP contribution in [-0.2, 0) is 14.9 Å². The highest BCUT2D eigenvalue weighted by molar-refractivity contribution is 7.85. The predicted octanol–water partition coefficient (Wildman–Crippen LogP) is 10.6. The topological polar surface area (TPSA) is 104 Å². The standard InChI is InChI=1S/C38H71NO5S/c1-3-5-7-9-11-13-15-17-18-19-20-21-22-24-26-28-30-32-34-38(41)39-36(35-45(42,43)44)37(40)33-31-29-27-25-23-16-14-12-10-8-6-4-2/h10,12,23,25,31,33,36-37,40H,3-9,11,13-22,24,26-30,32,34-35H2,1-2H3,(H,39,41)(H,42,43,44)/b12-10+,25-23+,33-31+. The minimum absolute atomic E-state index is 0.287. The fraction of sp³-hybridized carbons (Fsp3) is 0.816. The summed E-state index contributed by atoms with van der Waals surface area (Å²) >= 11 is 0. The average molecular weight is 654 g/mol. The molecule has 0 heterocycles. The van der Waals surface area contributed by atoms with Crippen LogP contribution in [0.4, 0.5) is 0 Å². The van der Waals surface area contributed by atoms with E-state index in [1.165, 1.54) is 115 Å². The predicted molar refractivity (Wildman–Crippen MR) is 193 cm³/mol. The molecule has 0 aliphatic rings. The molecule has 0 saturated heterocycles. The first kappa shape index (κ1) is 43.6. The molecule has 0 aliphatic heterocycles. The van der Waals surface area contributed by atoms with E-state index < -0.39 is 28.0 Å². The Hall–Kier alpha value is -1.44. The lowest BCUT2D eigenvalue weighted by molar-refractivity contribution is -0.122. The van der Waals surface area contributed by atoms with Crippen molar-refractivity contribution in [2.45, 2.75) is 193 Å². The van der Waals surface area contributed by atoms with Crippen LogP contribution in [0.25, 0.3) is 0 Å². The zero-order valence-electron chi connectivity index (χ0n) is 29.2. The van der Waals surface area contributed by atoms with Crippen molar-refractivity contribution in [2.24, 2.45) is 0 Å². The molecule has 0 bridgehead atoms. The van der Waals surface area contributed by atoms with Crippen LogP contribution in [0.1, 0.15) is 181 Å². The number of amides is 1. The summed E-state index contributed by atoms with van der Waals surface area (Å²) < 4.78 is 32.3. The van der Waals surface area contributed by atoms with Gasteiger partial charge in [0.15, 0.2) is 0 Å². The number of nitrogens with one attached hydrogen (secondary N) is 1. The van der Waals surface area contributed by atoms with Crippen molar-refractivity contribution in [3.8, 4) is 0 Å². The van der Waals surface area contributed by atoms with Gasteiger partial charge < -0.3 is 10.4 Å². The molecule has 45 heavy (non-hydrogen) atoms. The zero-order chi connectivity index (χ0) is 33.3. The van der Waals surface area contributed by atoms with Crippen LogP contribution in [-0.4, -0.2) is 41.9 Å². The van der Waals surface area contributed by atoms with Crippen LogP contribution in [0, 0.1) is 0 Å². The second-order valence-corrected chi connectivity index (χ2v) is 14.3. The Bertz CT molecular complexity index is 852. The van der Waals surface area contributed by atoms with E-state index in [0.717, 1.165) is 44.9 Å². The molecular formula is C38H71NO5S. The van der Waals surface area contributed by atoms with E-state index in [9.17, 15) is 22.9 Å². The molecule has 0 aromatic rings. The van der Waals surface area contributed by atoms with Gasteiger partial charge in [-0.3, -0.25) is 9.35 Å². The van der Waals surface area contributed by atoms with E-state index in [1.54, 1.807) is 6.08 Å². The lowest BCUT2D eigenvalue weighted by atomic mass is 10.0. The molecule has 0 saturated carbocycles. The SMILES string of the molecule is CCCC/C=C/CC/C=C/CC/C=C/C(O)C(CS(=O)(=O)O)NC(=O)CCCCCCCCCCCCCCCCCCCC. The third kappa shape index (κ3) is 33.7. The first-order valence-corrected chi connectivity index (χ1v) is 20.3. The van der Waals surface area contributed by atoms with Crippen LogP contribution < -0.4 is 5.32 Å². The quantitative estimate of drug-likeness (QED) is 0.0371. The fourth-order valence-electron chi connectivity index (χ4n) is 5.47. The van der Waals surface area contributed by atoms with Crippen LogP contribution in [0.2, 0.25) is 0 Å². The maximum atomic E-state index is 12.5. The molecule has 2 unspecified atom stereocenters. The summed E-state index contributed by atoms with van der Waals surface area (Å²) in [4.78, 5) is 12.5. The highest BCUT2D eigenvalue weighted by Gasteiger charge is 2.24. The number of aliphatic hydroxyl groups excluding tert-OH is 1. The van der Waals surface area contributed by atoms with Gasteiger partial charge in [0.05, 0.1) is 17.9 Å². The second kappa shape index (κ2) is 32.5. The highest BCUT2D eigenvalue weighted by atomic mass is 32.2. The lowest BCUT2D eigenvalue weighted by Crippen LogP contribution is -2.46. The molecule has 0 spiro atoms. The minimum Gasteiger partial charge on any atom is -0.387 e. The summed E-state index contributed by atoms with van der Waals surface area (Å²) in [7, 11) is -4.35. The van der Waals surface area contributed by atoms with Crippen molar-refractivity contribution in [1.29, 1.82) is 0 Å². The number of aliphatic hydroxyl groups is 1. The Balaban J connectivity index is 3.96. The molecule has 0 fully saturated rings. The van der Waals surface area contributed by atoms with E-state index in [4.69, 9.17) is 0 Å². The summed E-state index contributed by atoms with van der Waals surface area (Å²) in [5.41, 5.74) is 0. The fourth-order valence-corrected chi connectivity index (χ4v) is 6.20. The molecule has 0 radical (unpaired) electrons. The number of allylic oxidation sites excluding steroid dienone is 5. The molecule has 0 rings (SSSR count). The Morgan fingerprint density at radius 2 is 0.956 bits per heavy atom. The number of unbranched alkanes of at least 4 members (excludes halogenated alkanes) is 21. The van der Waals surface area contributed by atoms with E-state index in [2.05, 4.69) is 43.5 Å². The van der Waals surface area contributed by atoms with Gasteiger partial charge in [-0.05, 0) is 38.5 Å². The summed E-state index contributed by atoms with van der Waals surface area (Å²) in [6, 6.07) is -1.07. The summed E-state index contributed by atoms with van der Waals surface area (Å²) in [6.45, 7) is 4.46. The van der Waals surface area contributed by atoms with Gasteiger partial charge in [-0.2, -0.15) is 8.42 Å². The highest BCUT2D eigenvalue weighted by Crippen LogP contribution is 2.15. The van der Waals surface area contributed by atoms with Crippen molar-refractivity contribution in [3.63, 3.8) is 0 Å². The van der Waals surface area contributed by atoms with Crippen molar-refractivity contribution >= 4 is 16.0 Å². The number of carbonyl (C=O) groups is 1.